The van der Waals surface area contributed by atoms with E-state index >= 15 is 0 Å². The first-order valence-corrected chi connectivity index (χ1v) is 6.11. The molecule has 1 heterocycles. The van der Waals surface area contributed by atoms with E-state index in [0.717, 1.165) is 0 Å². The fourth-order valence-corrected chi connectivity index (χ4v) is 1.72. The Labute approximate surface area is 123 Å². The van der Waals surface area contributed by atoms with Gasteiger partial charge in [-0.2, -0.15) is 0 Å². The summed E-state index contributed by atoms with van der Waals surface area (Å²) < 4.78 is 10.4. The molecular formula is C13H18ClN3O3. The van der Waals surface area contributed by atoms with Gasteiger partial charge in [0, 0.05) is 19.2 Å². The largest absolute Gasteiger partial charge is 0.438 e. The van der Waals surface area contributed by atoms with Crippen molar-refractivity contribution in [2.75, 3.05) is 19.0 Å². The molecule has 0 aliphatic rings. The highest BCUT2D eigenvalue weighted by atomic mass is 35.5. The third-order valence-electron chi connectivity index (χ3n) is 2.59. The van der Waals surface area contributed by atoms with E-state index in [9.17, 15) is 4.79 Å². The molecule has 1 amide bonds. The summed E-state index contributed by atoms with van der Waals surface area (Å²) in [5.74, 6) is 0.467. The number of nitrogens with one attached hydrogen (secondary N) is 1. The van der Waals surface area contributed by atoms with Crippen LogP contribution in [0.15, 0.2) is 22.6 Å². The van der Waals surface area contributed by atoms with Gasteiger partial charge < -0.3 is 20.2 Å². The smallest absolute Gasteiger partial charge is 0.224 e. The number of hydrogen-bond acceptors (Lipinski definition) is 5. The Morgan fingerprint density at radius 2 is 2.30 bits per heavy atom. The van der Waals surface area contributed by atoms with Crippen molar-refractivity contribution in [3.8, 4) is 0 Å². The third kappa shape index (κ3) is 4.19. The first-order chi connectivity index (χ1) is 9.22. The summed E-state index contributed by atoms with van der Waals surface area (Å²) >= 11 is 0. The number of carbonyl (C=O) groups is 1. The van der Waals surface area contributed by atoms with E-state index in [2.05, 4.69) is 10.3 Å². The average Bonchev–Trinajstić information content (AvgIpc) is 2.78. The summed E-state index contributed by atoms with van der Waals surface area (Å²) in [6.45, 7) is 0.836. The Morgan fingerprint density at radius 1 is 1.50 bits per heavy atom. The number of halogens is 1. The molecule has 0 radical (unpaired) electrons. The molecular weight excluding hydrogens is 282 g/mol. The summed E-state index contributed by atoms with van der Waals surface area (Å²) in [5.41, 5.74) is 7.43. The van der Waals surface area contributed by atoms with Gasteiger partial charge in [0.2, 0.25) is 11.8 Å². The second-order valence-corrected chi connectivity index (χ2v) is 4.16. The third-order valence-corrected chi connectivity index (χ3v) is 2.59. The number of benzene rings is 1. The van der Waals surface area contributed by atoms with Crippen LogP contribution in [0, 0.1) is 0 Å². The monoisotopic (exact) mass is 299 g/mol. The lowest BCUT2D eigenvalue weighted by molar-refractivity contribution is -0.116. The van der Waals surface area contributed by atoms with Gasteiger partial charge in [-0.3, -0.25) is 4.79 Å². The maximum Gasteiger partial charge on any atom is 0.224 e. The predicted octanol–water partition coefficient (Wildman–Crippen LogP) is 2.07. The van der Waals surface area contributed by atoms with E-state index in [1.165, 1.54) is 0 Å². The number of aromatic nitrogens is 1. The van der Waals surface area contributed by atoms with Gasteiger partial charge in [-0.05, 0) is 31.2 Å². The highest BCUT2D eigenvalue weighted by Gasteiger charge is 2.07. The highest BCUT2D eigenvalue weighted by molar-refractivity contribution is 5.92. The molecule has 1 aromatic carbocycles. The summed E-state index contributed by atoms with van der Waals surface area (Å²) in [5, 5.41) is 2.80. The fourth-order valence-electron chi connectivity index (χ4n) is 1.72. The van der Waals surface area contributed by atoms with Crippen molar-refractivity contribution in [2.45, 2.75) is 19.4 Å². The lowest BCUT2D eigenvalue weighted by atomic mass is 10.2. The quantitative estimate of drug-likeness (QED) is 0.852. The first kappa shape index (κ1) is 16.4. The van der Waals surface area contributed by atoms with Crippen molar-refractivity contribution < 1.29 is 13.9 Å². The zero-order chi connectivity index (χ0) is 13.7. The minimum atomic E-state index is -0.0505. The molecule has 0 fully saturated rings. The topological polar surface area (TPSA) is 90.4 Å². The molecule has 0 aliphatic heterocycles. The zero-order valence-corrected chi connectivity index (χ0v) is 12.0. The Morgan fingerprint density at radius 3 is 3.00 bits per heavy atom. The molecule has 7 heteroatoms. The predicted molar refractivity (Wildman–Crippen MR) is 78.9 cm³/mol. The van der Waals surface area contributed by atoms with Crippen molar-refractivity contribution in [1.29, 1.82) is 0 Å². The maximum atomic E-state index is 11.6. The van der Waals surface area contributed by atoms with Gasteiger partial charge in [0.05, 0.1) is 0 Å². The van der Waals surface area contributed by atoms with Gasteiger partial charge >= 0.3 is 0 Å². The van der Waals surface area contributed by atoms with Crippen LogP contribution in [0.5, 0.6) is 0 Å². The summed E-state index contributed by atoms with van der Waals surface area (Å²) in [4.78, 5) is 15.9. The van der Waals surface area contributed by atoms with Crippen molar-refractivity contribution in [2.24, 2.45) is 5.73 Å². The molecule has 0 aliphatic carbocycles. The number of hydrogen-bond donors (Lipinski definition) is 2. The fraction of sp³-hybridized carbons (Fsp3) is 0.385. The molecule has 0 atom stereocenters. The van der Waals surface area contributed by atoms with Gasteiger partial charge in [0.15, 0.2) is 5.58 Å². The summed E-state index contributed by atoms with van der Waals surface area (Å²) in [6, 6.07) is 5.34. The number of nitrogens with zero attached hydrogens (tertiary/aromatic N) is 1. The Balaban J connectivity index is 0.00000200. The molecule has 0 saturated heterocycles. The highest BCUT2D eigenvalue weighted by Crippen LogP contribution is 2.20. The lowest BCUT2D eigenvalue weighted by Crippen LogP contribution is -2.13. The van der Waals surface area contributed by atoms with Crippen LogP contribution in [0.1, 0.15) is 18.7 Å². The zero-order valence-electron chi connectivity index (χ0n) is 11.2. The number of fused-ring (bicyclic) bond motifs is 1. The number of methoxy groups -OCH3 is 1. The molecule has 3 N–H and O–H groups in total. The summed E-state index contributed by atoms with van der Waals surface area (Å²) in [7, 11) is 1.58. The normalized spacial score (nSPS) is 10.3. The SMILES string of the molecule is COCc1nc2cc(NC(=O)CCCN)ccc2o1.Cl. The van der Waals surface area contributed by atoms with Gasteiger partial charge in [0.25, 0.3) is 0 Å². The van der Waals surface area contributed by atoms with E-state index in [1.807, 2.05) is 0 Å². The van der Waals surface area contributed by atoms with Crippen molar-refractivity contribution >= 4 is 35.1 Å². The molecule has 6 nitrogen and oxygen atoms in total. The van der Waals surface area contributed by atoms with Gasteiger partial charge in [0.1, 0.15) is 12.1 Å². The van der Waals surface area contributed by atoms with Crippen LogP contribution in [-0.4, -0.2) is 24.5 Å². The number of nitrogens with two attached hydrogens (primary N) is 1. The van der Waals surface area contributed by atoms with E-state index < -0.39 is 0 Å². The van der Waals surface area contributed by atoms with E-state index in [4.69, 9.17) is 14.9 Å². The van der Waals surface area contributed by atoms with Crippen molar-refractivity contribution in [3.63, 3.8) is 0 Å². The molecule has 1 aromatic heterocycles. The maximum absolute atomic E-state index is 11.6. The molecule has 2 aromatic rings. The van der Waals surface area contributed by atoms with Crippen LogP contribution in [0.2, 0.25) is 0 Å². The number of rotatable bonds is 6. The number of carbonyl (C=O) groups excluding carboxylic acids is 1. The minimum absolute atomic E-state index is 0. The Kier molecular flexibility index (Phi) is 6.44. The number of ether oxygens (including phenoxy) is 1. The van der Waals surface area contributed by atoms with Crippen LogP contribution in [0.25, 0.3) is 11.1 Å². The average molecular weight is 300 g/mol. The number of anilines is 1. The van der Waals surface area contributed by atoms with Crippen molar-refractivity contribution in [3.05, 3.63) is 24.1 Å². The Hall–Kier alpha value is -1.63. The number of amides is 1. The van der Waals surface area contributed by atoms with E-state index in [0.29, 0.717) is 48.7 Å². The molecule has 0 spiro atoms. The van der Waals surface area contributed by atoms with Gasteiger partial charge in [-0.1, -0.05) is 0 Å². The van der Waals surface area contributed by atoms with Crippen molar-refractivity contribution in [1.82, 2.24) is 4.98 Å². The van der Waals surface area contributed by atoms with Crippen LogP contribution < -0.4 is 11.1 Å². The Bertz CT molecular complexity index is 571. The van der Waals surface area contributed by atoms with E-state index in [1.54, 1.807) is 25.3 Å². The van der Waals surface area contributed by atoms with Crippen LogP contribution in [-0.2, 0) is 16.1 Å². The summed E-state index contributed by atoms with van der Waals surface area (Å²) in [6.07, 6.45) is 1.10. The second-order valence-electron chi connectivity index (χ2n) is 4.16. The van der Waals surface area contributed by atoms with Crippen LogP contribution in [0.3, 0.4) is 0 Å². The standard InChI is InChI=1S/C13H17N3O3.ClH/c1-18-8-13-16-10-7-9(4-5-11(10)19-13)15-12(17)3-2-6-14;/h4-5,7H,2-3,6,8,14H2,1H3,(H,15,17);1H. The molecule has 110 valence electrons. The van der Waals surface area contributed by atoms with Crippen LogP contribution in [0.4, 0.5) is 5.69 Å². The number of oxazole rings is 1. The van der Waals surface area contributed by atoms with Gasteiger partial charge in [-0.25, -0.2) is 4.98 Å². The van der Waals surface area contributed by atoms with Crippen LogP contribution >= 0.6 is 12.4 Å². The molecule has 0 unspecified atom stereocenters. The molecule has 0 bridgehead atoms. The first-order valence-electron chi connectivity index (χ1n) is 6.11. The molecule has 2 rings (SSSR count). The molecule has 20 heavy (non-hydrogen) atoms. The lowest BCUT2D eigenvalue weighted by Gasteiger charge is -2.03. The van der Waals surface area contributed by atoms with E-state index in [-0.39, 0.29) is 18.3 Å². The second kappa shape index (κ2) is 7.84. The molecule has 0 saturated carbocycles. The van der Waals surface area contributed by atoms with Gasteiger partial charge in [-0.15, -0.1) is 12.4 Å². The minimum Gasteiger partial charge on any atom is -0.438 e.